The number of anilines is 1. The van der Waals surface area contributed by atoms with Gasteiger partial charge in [0.15, 0.2) is 0 Å². The molecule has 4 nitrogen and oxygen atoms in total. The number of para-hydroxylation sites is 1. The second-order valence-electron chi connectivity index (χ2n) is 4.87. The molecule has 0 aliphatic carbocycles. The summed E-state index contributed by atoms with van der Waals surface area (Å²) in [4.78, 5) is 13.7. The predicted molar refractivity (Wildman–Crippen MR) is 76.7 cm³/mol. The van der Waals surface area contributed by atoms with Crippen LogP contribution >= 0.6 is 0 Å². The first-order chi connectivity index (χ1) is 9.19. The van der Waals surface area contributed by atoms with Gasteiger partial charge in [-0.2, -0.15) is 0 Å². The van der Waals surface area contributed by atoms with Crippen molar-refractivity contribution in [3.63, 3.8) is 0 Å². The SMILES string of the molecule is CCOc1cccc2c1N(C(C)=O)CCCC2CN. The fourth-order valence-corrected chi connectivity index (χ4v) is 2.75. The van der Waals surface area contributed by atoms with E-state index in [1.807, 2.05) is 24.0 Å². The number of benzene rings is 1. The number of fused-ring (bicyclic) bond motifs is 1. The molecule has 0 fully saturated rings. The van der Waals surface area contributed by atoms with E-state index in [1.165, 1.54) is 0 Å². The first-order valence-corrected chi connectivity index (χ1v) is 6.92. The summed E-state index contributed by atoms with van der Waals surface area (Å²) < 4.78 is 5.70. The second kappa shape index (κ2) is 6.06. The van der Waals surface area contributed by atoms with Crippen molar-refractivity contribution in [1.82, 2.24) is 0 Å². The Morgan fingerprint density at radius 2 is 2.32 bits per heavy atom. The minimum Gasteiger partial charge on any atom is -0.492 e. The van der Waals surface area contributed by atoms with E-state index in [1.54, 1.807) is 6.92 Å². The number of carbonyl (C=O) groups excluding carboxylic acids is 1. The predicted octanol–water partition coefficient (Wildman–Crippen LogP) is 2.27. The molecule has 1 aromatic carbocycles. The van der Waals surface area contributed by atoms with E-state index < -0.39 is 0 Å². The monoisotopic (exact) mass is 262 g/mol. The molecule has 0 bridgehead atoms. The van der Waals surface area contributed by atoms with Gasteiger partial charge in [0, 0.05) is 13.5 Å². The highest BCUT2D eigenvalue weighted by Gasteiger charge is 2.27. The van der Waals surface area contributed by atoms with Crippen LogP contribution in [0.1, 0.15) is 38.2 Å². The molecule has 1 aliphatic rings. The van der Waals surface area contributed by atoms with Crippen molar-refractivity contribution in [2.24, 2.45) is 5.73 Å². The Morgan fingerprint density at radius 3 is 2.95 bits per heavy atom. The summed E-state index contributed by atoms with van der Waals surface area (Å²) in [6.07, 6.45) is 1.99. The van der Waals surface area contributed by atoms with Crippen LogP contribution in [0.4, 0.5) is 5.69 Å². The third-order valence-electron chi connectivity index (χ3n) is 3.64. The molecule has 2 rings (SSSR count). The fraction of sp³-hybridized carbons (Fsp3) is 0.533. The molecule has 1 aliphatic heterocycles. The Labute approximate surface area is 114 Å². The average molecular weight is 262 g/mol. The maximum atomic E-state index is 11.9. The van der Waals surface area contributed by atoms with Gasteiger partial charge < -0.3 is 15.4 Å². The highest BCUT2D eigenvalue weighted by Crippen LogP contribution is 2.40. The minimum atomic E-state index is 0.0612. The zero-order valence-corrected chi connectivity index (χ0v) is 11.7. The Kier molecular flexibility index (Phi) is 4.43. The molecule has 19 heavy (non-hydrogen) atoms. The Balaban J connectivity index is 2.55. The van der Waals surface area contributed by atoms with Crippen molar-refractivity contribution in [2.45, 2.75) is 32.6 Å². The maximum Gasteiger partial charge on any atom is 0.223 e. The summed E-state index contributed by atoms with van der Waals surface area (Å²) in [6.45, 7) is 5.50. The summed E-state index contributed by atoms with van der Waals surface area (Å²) in [5.41, 5.74) is 7.95. The van der Waals surface area contributed by atoms with Crippen LogP contribution in [0.15, 0.2) is 18.2 Å². The lowest BCUT2D eigenvalue weighted by Crippen LogP contribution is -2.29. The molecule has 1 heterocycles. The Morgan fingerprint density at radius 1 is 1.53 bits per heavy atom. The van der Waals surface area contributed by atoms with Gasteiger partial charge in [0.2, 0.25) is 5.91 Å². The Hall–Kier alpha value is -1.55. The molecule has 0 radical (unpaired) electrons. The van der Waals surface area contributed by atoms with Gasteiger partial charge in [0.25, 0.3) is 0 Å². The lowest BCUT2D eigenvalue weighted by Gasteiger charge is -2.25. The van der Waals surface area contributed by atoms with Crippen LogP contribution in [0, 0.1) is 0 Å². The minimum absolute atomic E-state index is 0.0612. The molecule has 0 aromatic heterocycles. The highest BCUT2D eigenvalue weighted by molar-refractivity contribution is 5.94. The van der Waals surface area contributed by atoms with Gasteiger partial charge >= 0.3 is 0 Å². The van der Waals surface area contributed by atoms with E-state index in [9.17, 15) is 4.79 Å². The molecule has 104 valence electrons. The standard InChI is InChI=1S/C15H22N2O2/c1-3-19-14-8-4-7-13-12(10-16)6-5-9-17(11(2)18)15(13)14/h4,7-8,12H,3,5-6,9-10,16H2,1-2H3. The molecule has 1 amide bonds. The van der Waals surface area contributed by atoms with Gasteiger partial charge in [0.1, 0.15) is 5.75 Å². The van der Waals surface area contributed by atoms with Gasteiger partial charge in [-0.05, 0) is 43.9 Å². The van der Waals surface area contributed by atoms with Crippen LogP contribution in [-0.2, 0) is 4.79 Å². The smallest absolute Gasteiger partial charge is 0.223 e. The molecule has 0 saturated heterocycles. The molecule has 1 unspecified atom stereocenters. The zero-order valence-electron chi connectivity index (χ0n) is 11.7. The van der Waals surface area contributed by atoms with Crippen molar-refractivity contribution < 1.29 is 9.53 Å². The van der Waals surface area contributed by atoms with Gasteiger partial charge in [-0.25, -0.2) is 0 Å². The quantitative estimate of drug-likeness (QED) is 0.909. The van der Waals surface area contributed by atoms with Crippen molar-refractivity contribution >= 4 is 11.6 Å². The average Bonchev–Trinajstić information content (AvgIpc) is 2.59. The summed E-state index contributed by atoms with van der Waals surface area (Å²) in [5.74, 6) is 1.15. The molecule has 4 heteroatoms. The molecule has 0 saturated carbocycles. The number of nitrogens with two attached hydrogens (primary N) is 1. The number of ether oxygens (including phenoxy) is 1. The number of carbonyl (C=O) groups is 1. The lowest BCUT2D eigenvalue weighted by molar-refractivity contribution is -0.116. The normalized spacial score (nSPS) is 18.7. The van der Waals surface area contributed by atoms with Crippen molar-refractivity contribution in [1.29, 1.82) is 0 Å². The molecule has 1 aromatic rings. The Bertz CT molecular complexity index is 459. The first kappa shape index (κ1) is 13.9. The molecular weight excluding hydrogens is 240 g/mol. The van der Waals surface area contributed by atoms with E-state index in [4.69, 9.17) is 10.5 Å². The van der Waals surface area contributed by atoms with Crippen LogP contribution in [0.2, 0.25) is 0 Å². The third kappa shape index (κ3) is 2.73. The van der Waals surface area contributed by atoms with Crippen molar-refractivity contribution in [3.8, 4) is 5.75 Å². The molecule has 0 spiro atoms. The molecule has 2 N–H and O–H groups in total. The van der Waals surface area contributed by atoms with Crippen LogP contribution < -0.4 is 15.4 Å². The van der Waals surface area contributed by atoms with E-state index in [-0.39, 0.29) is 5.91 Å². The summed E-state index contributed by atoms with van der Waals surface area (Å²) in [5, 5.41) is 0. The van der Waals surface area contributed by atoms with Gasteiger partial charge in [-0.15, -0.1) is 0 Å². The van der Waals surface area contributed by atoms with Crippen LogP contribution in [0.3, 0.4) is 0 Å². The van der Waals surface area contributed by atoms with E-state index in [0.29, 0.717) is 19.1 Å². The fourth-order valence-electron chi connectivity index (χ4n) is 2.75. The van der Waals surface area contributed by atoms with Gasteiger partial charge in [-0.1, -0.05) is 12.1 Å². The van der Waals surface area contributed by atoms with E-state index in [0.717, 1.165) is 36.4 Å². The lowest BCUT2D eigenvalue weighted by atomic mass is 9.94. The summed E-state index contributed by atoms with van der Waals surface area (Å²) >= 11 is 0. The summed E-state index contributed by atoms with van der Waals surface area (Å²) in [7, 11) is 0. The van der Waals surface area contributed by atoms with Gasteiger partial charge in [0.05, 0.1) is 12.3 Å². The number of hydrogen-bond donors (Lipinski definition) is 1. The number of rotatable bonds is 3. The van der Waals surface area contributed by atoms with Crippen LogP contribution in [-0.4, -0.2) is 25.6 Å². The zero-order chi connectivity index (χ0) is 13.8. The van der Waals surface area contributed by atoms with Crippen molar-refractivity contribution in [2.75, 3.05) is 24.6 Å². The van der Waals surface area contributed by atoms with Gasteiger partial charge in [-0.3, -0.25) is 4.79 Å². The van der Waals surface area contributed by atoms with E-state index >= 15 is 0 Å². The molecular formula is C15H22N2O2. The third-order valence-corrected chi connectivity index (χ3v) is 3.64. The largest absolute Gasteiger partial charge is 0.492 e. The highest BCUT2D eigenvalue weighted by atomic mass is 16.5. The first-order valence-electron chi connectivity index (χ1n) is 6.92. The molecule has 1 atom stereocenters. The summed E-state index contributed by atoms with van der Waals surface area (Å²) in [6, 6.07) is 5.98. The van der Waals surface area contributed by atoms with Crippen molar-refractivity contribution in [3.05, 3.63) is 23.8 Å². The number of amides is 1. The van der Waals surface area contributed by atoms with Crippen LogP contribution in [0.5, 0.6) is 5.75 Å². The number of nitrogens with zero attached hydrogens (tertiary/aromatic N) is 1. The van der Waals surface area contributed by atoms with E-state index in [2.05, 4.69) is 6.07 Å². The topological polar surface area (TPSA) is 55.6 Å². The maximum absolute atomic E-state index is 11.9. The second-order valence-corrected chi connectivity index (χ2v) is 4.87. The van der Waals surface area contributed by atoms with Crippen LogP contribution in [0.25, 0.3) is 0 Å². The number of hydrogen-bond acceptors (Lipinski definition) is 3.